The Balaban J connectivity index is 1.56. The Labute approximate surface area is 199 Å². The van der Waals surface area contributed by atoms with E-state index in [1.54, 1.807) is 0 Å². The maximum absolute atomic E-state index is 2.34. The van der Waals surface area contributed by atoms with Crippen LogP contribution >= 0.6 is 0 Å². The van der Waals surface area contributed by atoms with Crippen molar-refractivity contribution in [1.29, 1.82) is 0 Å². The number of hydrogen-bond donors (Lipinski definition) is 0. The first-order chi connectivity index (χ1) is 15.8. The molecule has 0 saturated heterocycles. The summed E-state index contributed by atoms with van der Waals surface area (Å²) < 4.78 is 0. The van der Waals surface area contributed by atoms with E-state index in [1.165, 1.54) is 114 Å². The van der Waals surface area contributed by atoms with Crippen LogP contribution in [0.1, 0.15) is 117 Å². The molecule has 32 heavy (non-hydrogen) atoms. The summed E-state index contributed by atoms with van der Waals surface area (Å²) in [5.74, 6) is 0. The van der Waals surface area contributed by atoms with Crippen LogP contribution in [0.3, 0.4) is 0 Å². The minimum Gasteiger partial charge on any atom is -0.354 e. The van der Waals surface area contributed by atoms with Crippen molar-refractivity contribution in [1.82, 2.24) is 9.80 Å². The molecule has 0 aliphatic carbocycles. The molecule has 0 N–H and O–H groups in total. The van der Waals surface area contributed by atoms with Gasteiger partial charge in [-0.15, -0.1) is 0 Å². The van der Waals surface area contributed by atoms with Crippen molar-refractivity contribution in [2.45, 2.75) is 117 Å². The van der Waals surface area contributed by atoms with Crippen molar-refractivity contribution >= 4 is 0 Å². The highest BCUT2D eigenvalue weighted by Crippen LogP contribution is 2.20. The second-order valence-corrected chi connectivity index (χ2v) is 9.60. The van der Waals surface area contributed by atoms with Crippen molar-refractivity contribution in [3.63, 3.8) is 0 Å². The van der Waals surface area contributed by atoms with E-state index in [0.29, 0.717) is 0 Å². The second-order valence-electron chi connectivity index (χ2n) is 9.60. The highest BCUT2D eigenvalue weighted by atomic mass is 15.1. The van der Waals surface area contributed by atoms with Crippen LogP contribution in [0.4, 0.5) is 0 Å². The van der Waals surface area contributed by atoms with Gasteiger partial charge in [0.1, 0.15) is 0 Å². The topological polar surface area (TPSA) is 6.48 Å². The first kappa shape index (κ1) is 26.6. The lowest BCUT2D eigenvalue weighted by Crippen LogP contribution is -2.15. The molecule has 0 atom stereocenters. The Morgan fingerprint density at radius 1 is 0.406 bits per heavy atom. The predicted molar refractivity (Wildman–Crippen MR) is 142 cm³/mol. The molecule has 2 nitrogen and oxygen atoms in total. The van der Waals surface area contributed by atoms with Crippen LogP contribution in [-0.2, 0) is 0 Å². The molecular formula is C30H50N2. The van der Waals surface area contributed by atoms with E-state index in [9.17, 15) is 0 Å². The molecule has 0 unspecified atom stereocenters. The molecule has 0 amide bonds. The Kier molecular flexibility index (Phi) is 14.8. The summed E-state index contributed by atoms with van der Waals surface area (Å²) in [6, 6.07) is 0. The number of unbranched alkanes of at least 4 members (excludes halogenated alkanes) is 14. The molecule has 0 radical (unpaired) electrons. The van der Waals surface area contributed by atoms with E-state index >= 15 is 0 Å². The second kappa shape index (κ2) is 17.8. The fourth-order valence-electron chi connectivity index (χ4n) is 4.45. The van der Waals surface area contributed by atoms with Gasteiger partial charge in [0.25, 0.3) is 0 Å². The quantitative estimate of drug-likeness (QED) is 0.197. The van der Waals surface area contributed by atoms with Crippen LogP contribution < -0.4 is 0 Å². The van der Waals surface area contributed by atoms with E-state index in [-0.39, 0.29) is 0 Å². The molecule has 0 spiro atoms. The molecule has 0 aromatic heterocycles. The molecule has 0 bridgehead atoms. The normalized spacial score (nSPS) is 15.4. The third-order valence-corrected chi connectivity index (χ3v) is 6.66. The van der Waals surface area contributed by atoms with Gasteiger partial charge in [-0.05, 0) is 48.3 Å². The van der Waals surface area contributed by atoms with Crippen molar-refractivity contribution in [3.8, 4) is 0 Å². The molecule has 2 heterocycles. The van der Waals surface area contributed by atoms with Crippen LogP contribution in [0.2, 0.25) is 0 Å². The van der Waals surface area contributed by atoms with Crippen LogP contribution in [0.15, 0.2) is 60.3 Å². The smallest absolute Gasteiger partial charge is 0.0219 e. The Bertz CT molecular complexity index is 537. The van der Waals surface area contributed by atoms with E-state index in [4.69, 9.17) is 0 Å². The van der Waals surface area contributed by atoms with Crippen molar-refractivity contribution in [3.05, 3.63) is 60.3 Å². The summed E-state index contributed by atoms with van der Waals surface area (Å²) in [4.78, 5) is 4.68. The first-order valence-electron chi connectivity index (χ1n) is 13.8. The summed E-state index contributed by atoms with van der Waals surface area (Å²) in [6.07, 6.45) is 40.2. The van der Waals surface area contributed by atoms with E-state index in [1.807, 2.05) is 0 Å². The summed E-state index contributed by atoms with van der Waals surface area (Å²) in [6.45, 7) is 6.86. The van der Waals surface area contributed by atoms with Crippen LogP contribution in [0.25, 0.3) is 0 Å². The first-order valence-corrected chi connectivity index (χ1v) is 13.8. The average molecular weight is 439 g/mol. The van der Waals surface area contributed by atoms with Crippen LogP contribution in [0, 0.1) is 0 Å². The van der Waals surface area contributed by atoms with E-state index in [2.05, 4.69) is 72.8 Å². The highest BCUT2D eigenvalue weighted by molar-refractivity contribution is 5.48. The molecule has 2 rings (SSSR count). The van der Waals surface area contributed by atoms with Crippen molar-refractivity contribution < 1.29 is 0 Å². The van der Waals surface area contributed by atoms with Gasteiger partial charge in [0.15, 0.2) is 0 Å². The zero-order valence-electron chi connectivity index (χ0n) is 21.2. The molecule has 0 fully saturated rings. The molecule has 180 valence electrons. The summed E-state index contributed by atoms with van der Waals surface area (Å²) in [7, 11) is 0. The SMILES string of the molecule is CCCCCCCCCCN1C=CC(=C2C=CN(CCCCCCCCCC)C=C2)C=C1. The van der Waals surface area contributed by atoms with Gasteiger partial charge < -0.3 is 9.80 Å². The fourth-order valence-corrected chi connectivity index (χ4v) is 4.45. The van der Waals surface area contributed by atoms with Gasteiger partial charge in [-0.1, -0.05) is 104 Å². The number of hydrogen-bond acceptors (Lipinski definition) is 2. The van der Waals surface area contributed by atoms with E-state index < -0.39 is 0 Å². The zero-order chi connectivity index (χ0) is 22.7. The van der Waals surface area contributed by atoms with Gasteiger partial charge in [-0.2, -0.15) is 0 Å². The lowest BCUT2D eigenvalue weighted by molar-refractivity contribution is 0.460. The summed E-state index contributed by atoms with van der Waals surface area (Å²) >= 11 is 0. The predicted octanol–water partition coefficient (Wildman–Crippen LogP) is 9.25. The van der Waals surface area contributed by atoms with Gasteiger partial charge in [0.05, 0.1) is 0 Å². The van der Waals surface area contributed by atoms with Gasteiger partial charge >= 0.3 is 0 Å². The standard InChI is InChI=1S/C30H50N2/c1-3-5-7-9-11-13-15-17-23-31-25-19-29(20-26-31)30-21-27-32(28-22-30)24-18-16-14-12-10-8-6-4-2/h19-22,25-28H,3-18,23-24H2,1-2H3. The number of rotatable bonds is 18. The van der Waals surface area contributed by atoms with Crippen molar-refractivity contribution in [2.75, 3.05) is 13.1 Å². The number of nitrogens with zero attached hydrogens (tertiary/aromatic N) is 2. The molecule has 0 saturated carbocycles. The Morgan fingerprint density at radius 3 is 1.00 bits per heavy atom. The van der Waals surface area contributed by atoms with Gasteiger partial charge in [0.2, 0.25) is 0 Å². The number of allylic oxidation sites excluding steroid dienone is 6. The minimum absolute atomic E-state index is 1.14. The lowest BCUT2D eigenvalue weighted by Gasteiger charge is -2.22. The summed E-state index contributed by atoms with van der Waals surface area (Å²) in [5.41, 5.74) is 2.63. The molecule has 2 aliphatic rings. The van der Waals surface area contributed by atoms with Crippen LogP contribution in [0.5, 0.6) is 0 Å². The molecule has 2 heteroatoms. The third-order valence-electron chi connectivity index (χ3n) is 6.66. The van der Waals surface area contributed by atoms with Crippen molar-refractivity contribution in [2.24, 2.45) is 0 Å². The Morgan fingerprint density at radius 2 is 0.688 bits per heavy atom. The molecular weight excluding hydrogens is 388 g/mol. The molecule has 0 aromatic rings. The zero-order valence-corrected chi connectivity index (χ0v) is 21.2. The fraction of sp³-hybridized carbons (Fsp3) is 0.667. The van der Waals surface area contributed by atoms with Gasteiger partial charge in [-0.3, -0.25) is 0 Å². The highest BCUT2D eigenvalue weighted by Gasteiger charge is 2.07. The molecule has 2 aliphatic heterocycles. The lowest BCUT2D eigenvalue weighted by atomic mass is 10.0. The maximum atomic E-state index is 2.34. The minimum atomic E-state index is 1.14. The largest absolute Gasteiger partial charge is 0.354 e. The molecule has 0 aromatic carbocycles. The average Bonchev–Trinajstić information content (AvgIpc) is 2.83. The van der Waals surface area contributed by atoms with Gasteiger partial charge in [-0.25, -0.2) is 0 Å². The third kappa shape index (κ3) is 11.8. The van der Waals surface area contributed by atoms with E-state index in [0.717, 1.165) is 13.1 Å². The Hall–Kier alpha value is -1.70. The summed E-state index contributed by atoms with van der Waals surface area (Å²) in [5, 5.41) is 0. The monoisotopic (exact) mass is 438 g/mol. The van der Waals surface area contributed by atoms with Crippen LogP contribution in [-0.4, -0.2) is 22.9 Å². The maximum Gasteiger partial charge on any atom is 0.0219 e. The van der Waals surface area contributed by atoms with Gasteiger partial charge in [0, 0.05) is 37.9 Å².